The second-order valence-corrected chi connectivity index (χ2v) is 7.07. The van der Waals surface area contributed by atoms with Gasteiger partial charge in [0.05, 0.1) is 0 Å². The molecule has 0 saturated heterocycles. The molecule has 150 valence electrons. The Balaban J connectivity index is 1.86. The summed E-state index contributed by atoms with van der Waals surface area (Å²) in [6.45, 7) is 4.04. The van der Waals surface area contributed by atoms with Crippen molar-refractivity contribution < 1.29 is 23.5 Å². The fraction of sp³-hybridized carbons (Fsp3) is 0.333. The Bertz CT molecular complexity index is 778. The molecule has 0 aromatic heterocycles. The van der Waals surface area contributed by atoms with Gasteiger partial charge >= 0.3 is 5.97 Å². The summed E-state index contributed by atoms with van der Waals surface area (Å²) in [6, 6.07) is 11.2. The Labute approximate surface area is 168 Å². The molecule has 2 aromatic carbocycles. The van der Waals surface area contributed by atoms with Gasteiger partial charge in [0.15, 0.2) is 0 Å². The highest BCUT2D eigenvalue weighted by Crippen LogP contribution is 2.13. The van der Waals surface area contributed by atoms with Gasteiger partial charge in [0, 0.05) is 10.6 Å². The van der Waals surface area contributed by atoms with Crippen LogP contribution in [0.5, 0.6) is 5.75 Å². The van der Waals surface area contributed by atoms with Gasteiger partial charge in [-0.3, -0.25) is 4.79 Å². The minimum atomic E-state index is -0.769. The van der Waals surface area contributed by atoms with Crippen molar-refractivity contribution in [2.45, 2.75) is 26.3 Å². The molecule has 1 amide bonds. The van der Waals surface area contributed by atoms with E-state index in [1.165, 1.54) is 24.3 Å². The Morgan fingerprint density at radius 3 is 2.29 bits per heavy atom. The summed E-state index contributed by atoms with van der Waals surface area (Å²) >= 11 is 5.83. The second kappa shape index (κ2) is 10.7. The molecule has 2 aromatic rings. The van der Waals surface area contributed by atoms with Crippen LogP contribution in [0.3, 0.4) is 0 Å². The van der Waals surface area contributed by atoms with Crippen LogP contribution in [0, 0.1) is 11.7 Å². The zero-order valence-electron chi connectivity index (χ0n) is 15.8. The molecule has 0 aliphatic carbocycles. The summed E-state index contributed by atoms with van der Waals surface area (Å²) in [5.74, 6) is -0.599. The molecule has 1 atom stereocenters. The number of carbonyl (C=O) groups excluding carboxylic acids is 2. The fourth-order valence-corrected chi connectivity index (χ4v) is 2.59. The topological polar surface area (TPSA) is 64.6 Å². The number of amides is 1. The molecule has 0 saturated carbocycles. The Morgan fingerprint density at radius 2 is 1.68 bits per heavy atom. The average molecular weight is 408 g/mol. The lowest BCUT2D eigenvalue weighted by Gasteiger charge is -2.19. The number of carbonyl (C=O) groups is 2. The molecule has 0 radical (unpaired) electrons. The van der Waals surface area contributed by atoms with Gasteiger partial charge in [-0.1, -0.05) is 25.4 Å². The number of hydrogen-bond donors (Lipinski definition) is 1. The van der Waals surface area contributed by atoms with Crippen LogP contribution < -0.4 is 10.1 Å². The van der Waals surface area contributed by atoms with Gasteiger partial charge in [0.25, 0.3) is 5.91 Å². The van der Waals surface area contributed by atoms with Gasteiger partial charge in [-0.25, -0.2) is 9.18 Å². The lowest BCUT2D eigenvalue weighted by atomic mass is 10.0. The van der Waals surface area contributed by atoms with E-state index in [2.05, 4.69) is 5.32 Å². The molecule has 7 heteroatoms. The van der Waals surface area contributed by atoms with E-state index in [4.69, 9.17) is 21.1 Å². The molecule has 1 N–H and O–H groups in total. The third-order valence-corrected chi connectivity index (χ3v) is 4.07. The quantitative estimate of drug-likeness (QED) is 0.498. The number of rotatable bonds is 9. The predicted octanol–water partition coefficient (Wildman–Crippen LogP) is 4.25. The number of nitrogens with one attached hydrogen (secondary N) is 1. The zero-order valence-corrected chi connectivity index (χ0v) is 16.5. The summed E-state index contributed by atoms with van der Waals surface area (Å²) in [6.07, 6.45) is 0.441. The number of halogens is 2. The van der Waals surface area contributed by atoms with Crippen molar-refractivity contribution in [2.75, 3.05) is 13.2 Å². The predicted molar refractivity (Wildman–Crippen MR) is 105 cm³/mol. The van der Waals surface area contributed by atoms with Gasteiger partial charge < -0.3 is 14.8 Å². The van der Waals surface area contributed by atoms with E-state index >= 15 is 0 Å². The molecular weight excluding hydrogens is 385 g/mol. The molecule has 0 unspecified atom stereocenters. The average Bonchev–Trinajstić information content (AvgIpc) is 2.66. The van der Waals surface area contributed by atoms with Gasteiger partial charge in [0.1, 0.15) is 30.8 Å². The number of hydrogen-bond acceptors (Lipinski definition) is 4. The van der Waals surface area contributed by atoms with Crippen molar-refractivity contribution in [3.63, 3.8) is 0 Å². The highest BCUT2D eigenvalue weighted by molar-refractivity contribution is 6.30. The zero-order chi connectivity index (χ0) is 20.5. The monoisotopic (exact) mass is 407 g/mol. The van der Waals surface area contributed by atoms with E-state index in [1.54, 1.807) is 24.3 Å². The summed E-state index contributed by atoms with van der Waals surface area (Å²) in [4.78, 5) is 24.8. The smallest absolute Gasteiger partial charge is 0.328 e. The molecule has 0 fully saturated rings. The Kier molecular flexibility index (Phi) is 8.26. The van der Waals surface area contributed by atoms with Gasteiger partial charge in [-0.2, -0.15) is 0 Å². The summed E-state index contributed by atoms with van der Waals surface area (Å²) < 4.78 is 23.5. The highest BCUT2D eigenvalue weighted by Gasteiger charge is 2.24. The minimum absolute atomic E-state index is 0.0155. The van der Waals surface area contributed by atoms with Gasteiger partial charge in [0.2, 0.25) is 0 Å². The molecule has 0 bridgehead atoms. The van der Waals surface area contributed by atoms with Crippen LogP contribution in [0.15, 0.2) is 48.5 Å². The van der Waals surface area contributed by atoms with Gasteiger partial charge in [-0.05, 0) is 60.9 Å². The van der Waals surface area contributed by atoms with Crippen molar-refractivity contribution in [2.24, 2.45) is 5.92 Å². The second-order valence-electron chi connectivity index (χ2n) is 6.63. The maximum absolute atomic E-state index is 12.9. The summed E-state index contributed by atoms with van der Waals surface area (Å²) in [5, 5.41) is 3.23. The van der Waals surface area contributed by atoms with E-state index in [1.807, 2.05) is 13.8 Å². The van der Waals surface area contributed by atoms with Crippen molar-refractivity contribution in [1.29, 1.82) is 0 Å². The molecule has 0 heterocycles. The number of benzene rings is 2. The molecule has 2 rings (SSSR count). The summed E-state index contributed by atoms with van der Waals surface area (Å²) in [7, 11) is 0. The van der Waals surface area contributed by atoms with Crippen LogP contribution in [0.2, 0.25) is 5.02 Å². The number of ether oxygens (including phenoxy) is 2. The fourth-order valence-electron chi connectivity index (χ4n) is 2.46. The first-order valence-electron chi connectivity index (χ1n) is 8.96. The van der Waals surface area contributed by atoms with Crippen molar-refractivity contribution in [1.82, 2.24) is 5.32 Å². The Hall–Kier alpha value is -2.60. The molecular formula is C21H23ClFNO4. The maximum atomic E-state index is 12.9. The minimum Gasteiger partial charge on any atom is -0.490 e. The summed E-state index contributed by atoms with van der Waals surface area (Å²) in [5.41, 5.74) is 0.408. The number of esters is 1. The normalized spacial score (nSPS) is 11.8. The van der Waals surface area contributed by atoms with Crippen LogP contribution in [0.1, 0.15) is 30.6 Å². The highest BCUT2D eigenvalue weighted by atomic mass is 35.5. The molecule has 5 nitrogen and oxygen atoms in total. The molecule has 28 heavy (non-hydrogen) atoms. The van der Waals surface area contributed by atoms with E-state index in [-0.39, 0.29) is 30.9 Å². The van der Waals surface area contributed by atoms with Crippen LogP contribution in [0.25, 0.3) is 0 Å². The van der Waals surface area contributed by atoms with Crippen LogP contribution in [-0.4, -0.2) is 31.1 Å². The third-order valence-electron chi connectivity index (χ3n) is 3.81. The largest absolute Gasteiger partial charge is 0.490 e. The standard InChI is InChI=1S/C21H23ClFNO4/c1-14(2)13-19(24-20(25)15-3-5-16(22)6-4-15)21(26)28-12-11-27-18-9-7-17(23)8-10-18/h3-10,14,19H,11-13H2,1-2H3,(H,24,25)/t19-/m1/s1. The first-order valence-corrected chi connectivity index (χ1v) is 9.34. The van der Waals surface area contributed by atoms with Crippen LogP contribution >= 0.6 is 11.6 Å². The van der Waals surface area contributed by atoms with Crippen molar-refractivity contribution in [3.05, 3.63) is 64.9 Å². The lowest BCUT2D eigenvalue weighted by Crippen LogP contribution is -2.43. The van der Waals surface area contributed by atoms with Crippen molar-refractivity contribution >= 4 is 23.5 Å². The first-order chi connectivity index (χ1) is 13.3. The molecule has 0 aliphatic rings. The van der Waals surface area contributed by atoms with E-state index in [0.29, 0.717) is 22.8 Å². The maximum Gasteiger partial charge on any atom is 0.328 e. The lowest BCUT2D eigenvalue weighted by molar-refractivity contribution is -0.147. The SMILES string of the molecule is CC(C)C[C@@H](NC(=O)c1ccc(Cl)cc1)C(=O)OCCOc1ccc(F)cc1. The van der Waals surface area contributed by atoms with E-state index in [9.17, 15) is 14.0 Å². The van der Waals surface area contributed by atoms with Crippen molar-refractivity contribution in [3.8, 4) is 5.75 Å². The van der Waals surface area contributed by atoms with E-state index in [0.717, 1.165) is 0 Å². The van der Waals surface area contributed by atoms with Gasteiger partial charge in [-0.15, -0.1) is 0 Å². The molecule has 0 spiro atoms. The molecule has 0 aliphatic heterocycles. The van der Waals surface area contributed by atoms with E-state index < -0.39 is 12.0 Å². The van der Waals surface area contributed by atoms with Crippen LogP contribution in [0.4, 0.5) is 4.39 Å². The Morgan fingerprint density at radius 1 is 1.04 bits per heavy atom. The first kappa shape index (κ1) is 21.7. The third kappa shape index (κ3) is 7.19. The van der Waals surface area contributed by atoms with Crippen LogP contribution in [-0.2, 0) is 9.53 Å².